The fourth-order valence-electron chi connectivity index (χ4n) is 1.28. The lowest BCUT2D eigenvalue weighted by atomic mass is 10.2. The van der Waals surface area contributed by atoms with Crippen LogP contribution in [0, 0.1) is 5.95 Å². The molecule has 0 aromatic carbocycles. The standard InChI is InChI=1S/C11H10FN3OS/c12-10-2-1-8(5-14-10)11(16)13-4-3-9-6-17-7-15-9/h1-2,5-7H,3-4H2,(H,13,16). The molecule has 0 aliphatic heterocycles. The third kappa shape index (κ3) is 3.32. The topological polar surface area (TPSA) is 54.9 Å². The van der Waals surface area contributed by atoms with Gasteiger partial charge in [-0.3, -0.25) is 4.79 Å². The average Bonchev–Trinajstić information content (AvgIpc) is 2.83. The van der Waals surface area contributed by atoms with E-state index in [1.807, 2.05) is 5.38 Å². The van der Waals surface area contributed by atoms with E-state index in [2.05, 4.69) is 15.3 Å². The highest BCUT2D eigenvalue weighted by atomic mass is 32.1. The van der Waals surface area contributed by atoms with E-state index in [4.69, 9.17) is 0 Å². The molecule has 0 atom stereocenters. The highest BCUT2D eigenvalue weighted by molar-refractivity contribution is 7.07. The number of nitrogens with zero attached hydrogens (tertiary/aromatic N) is 2. The minimum absolute atomic E-state index is 0.257. The predicted molar refractivity (Wildman–Crippen MR) is 62.3 cm³/mol. The second kappa shape index (κ2) is 5.49. The van der Waals surface area contributed by atoms with Gasteiger partial charge in [-0.25, -0.2) is 9.97 Å². The van der Waals surface area contributed by atoms with Crippen LogP contribution >= 0.6 is 11.3 Å². The molecule has 0 spiro atoms. The fraction of sp³-hybridized carbons (Fsp3) is 0.182. The first-order chi connectivity index (χ1) is 8.25. The molecule has 0 saturated heterocycles. The zero-order valence-corrected chi connectivity index (χ0v) is 9.71. The van der Waals surface area contributed by atoms with Crippen molar-refractivity contribution in [1.29, 1.82) is 0 Å². The van der Waals surface area contributed by atoms with E-state index in [1.165, 1.54) is 23.6 Å². The van der Waals surface area contributed by atoms with Crippen molar-refractivity contribution in [2.45, 2.75) is 6.42 Å². The van der Waals surface area contributed by atoms with E-state index in [1.54, 1.807) is 5.51 Å². The van der Waals surface area contributed by atoms with E-state index in [0.717, 1.165) is 11.8 Å². The Labute approximate surface area is 102 Å². The Morgan fingerprint density at radius 1 is 1.41 bits per heavy atom. The van der Waals surface area contributed by atoms with Crippen molar-refractivity contribution in [2.75, 3.05) is 6.54 Å². The lowest BCUT2D eigenvalue weighted by Crippen LogP contribution is -2.25. The number of hydrogen-bond donors (Lipinski definition) is 1. The average molecular weight is 251 g/mol. The van der Waals surface area contributed by atoms with Crippen molar-refractivity contribution >= 4 is 17.2 Å². The van der Waals surface area contributed by atoms with Gasteiger partial charge in [0.1, 0.15) is 0 Å². The third-order valence-corrected chi connectivity index (χ3v) is 2.78. The zero-order chi connectivity index (χ0) is 12.1. The largest absolute Gasteiger partial charge is 0.352 e. The minimum Gasteiger partial charge on any atom is -0.352 e. The number of carbonyl (C=O) groups excluding carboxylic acids is 1. The smallest absolute Gasteiger partial charge is 0.252 e. The molecule has 17 heavy (non-hydrogen) atoms. The number of aromatic nitrogens is 2. The normalized spacial score (nSPS) is 10.2. The molecule has 0 aliphatic rings. The maximum Gasteiger partial charge on any atom is 0.252 e. The number of halogens is 1. The molecule has 4 nitrogen and oxygen atoms in total. The first-order valence-electron chi connectivity index (χ1n) is 5.02. The number of hydrogen-bond acceptors (Lipinski definition) is 4. The summed E-state index contributed by atoms with van der Waals surface area (Å²) in [6.07, 6.45) is 1.90. The van der Waals surface area contributed by atoms with Gasteiger partial charge in [-0.05, 0) is 12.1 Å². The van der Waals surface area contributed by atoms with Gasteiger partial charge in [-0.15, -0.1) is 11.3 Å². The van der Waals surface area contributed by atoms with Gasteiger partial charge in [0.05, 0.1) is 16.8 Å². The molecule has 0 aliphatic carbocycles. The van der Waals surface area contributed by atoms with Gasteiger partial charge in [0.25, 0.3) is 5.91 Å². The van der Waals surface area contributed by atoms with Crippen molar-refractivity contribution in [1.82, 2.24) is 15.3 Å². The lowest BCUT2D eigenvalue weighted by Gasteiger charge is -2.03. The summed E-state index contributed by atoms with van der Waals surface area (Å²) in [5.41, 5.74) is 3.05. The number of rotatable bonds is 4. The summed E-state index contributed by atoms with van der Waals surface area (Å²) in [5.74, 6) is -0.850. The van der Waals surface area contributed by atoms with Gasteiger partial charge in [-0.2, -0.15) is 4.39 Å². The molecule has 0 bridgehead atoms. The molecule has 2 rings (SSSR count). The van der Waals surface area contributed by atoms with Crippen molar-refractivity contribution in [3.05, 3.63) is 46.4 Å². The Bertz CT molecular complexity index is 484. The molecule has 1 amide bonds. The van der Waals surface area contributed by atoms with Crippen LogP contribution in [0.3, 0.4) is 0 Å². The van der Waals surface area contributed by atoms with Crippen LogP contribution in [-0.2, 0) is 6.42 Å². The number of nitrogens with one attached hydrogen (secondary N) is 1. The van der Waals surface area contributed by atoms with Crippen LogP contribution in [0.1, 0.15) is 16.1 Å². The Hall–Kier alpha value is -1.82. The van der Waals surface area contributed by atoms with Crippen molar-refractivity contribution in [3.63, 3.8) is 0 Å². The van der Waals surface area contributed by atoms with Crippen molar-refractivity contribution < 1.29 is 9.18 Å². The molecule has 2 aromatic rings. The van der Waals surface area contributed by atoms with Gasteiger partial charge in [-0.1, -0.05) is 0 Å². The monoisotopic (exact) mass is 251 g/mol. The molecule has 0 radical (unpaired) electrons. The van der Waals surface area contributed by atoms with Crippen LogP contribution in [0.15, 0.2) is 29.2 Å². The van der Waals surface area contributed by atoms with Crippen LogP contribution in [0.4, 0.5) is 4.39 Å². The first-order valence-corrected chi connectivity index (χ1v) is 5.97. The van der Waals surface area contributed by atoms with Crippen LogP contribution in [0.5, 0.6) is 0 Å². The van der Waals surface area contributed by atoms with Crippen LogP contribution < -0.4 is 5.32 Å². The number of amides is 1. The van der Waals surface area contributed by atoms with Gasteiger partial charge < -0.3 is 5.32 Å². The van der Waals surface area contributed by atoms with Gasteiger partial charge in [0.15, 0.2) is 0 Å². The molecule has 2 aromatic heterocycles. The summed E-state index contributed by atoms with van der Waals surface area (Å²) in [4.78, 5) is 19.1. The highest BCUT2D eigenvalue weighted by Gasteiger charge is 2.05. The summed E-state index contributed by atoms with van der Waals surface area (Å²) in [6.45, 7) is 0.500. The third-order valence-electron chi connectivity index (χ3n) is 2.14. The molecular weight excluding hydrogens is 241 g/mol. The second-order valence-electron chi connectivity index (χ2n) is 3.36. The summed E-state index contributed by atoms with van der Waals surface area (Å²) in [5, 5.41) is 4.66. The van der Waals surface area contributed by atoms with E-state index in [9.17, 15) is 9.18 Å². The quantitative estimate of drug-likeness (QED) is 0.841. The van der Waals surface area contributed by atoms with Crippen LogP contribution in [0.2, 0.25) is 0 Å². The maximum absolute atomic E-state index is 12.5. The number of carbonyl (C=O) groups is 1. The number of pyridine rings is 1. The molecule has 88 valence electrons. The molecule has 0 saturated carbocycles. The molecule has 0 fully saturated rings. The number of thiazole rings is 1. The summed E-state index contributed by atoms with van der Waals surface area (Å²) in [7, 11) is 0. The molecule has 6 heteroatoms. The summed E-state index contributed by atoms with van der Waals surface area (Å²) >= 11 is 1.52. The van der Waals surface area contributed by atoms with Gasteiger partial charge >= 0.3 is 0 Å². The fourth-order valence-corrected chi connectivity index (χ4v) is 1.87. The van der Waals surface area contributed by atoms with Crippen LogP contribution in [0.25, 0.3) is 0 Å². The van der Waals surface area contributed by atoms with E-state index >= 15 is 0 Å². The van der Waals surface area contributed by atoms with Crippen molar-refractivity contribution in [3.8, 4) is 0 Å². The summed E-state index contributed by atoms with van der Waals surface area (Å²) in [6, 6.07) is 2.57. The van der Waals surface area contributed by atoms with E-state index in [0.29, 0.717) is 18.5 Å². The second-order valence-corrected chi connectivity index (χ2v) is 4.07. The summed E-state index contributed by atoms with van der Waals surface area (Å²) < 4.78 is 12.5. The molecule has 2 heterocycles. The molecule has 1 N–H and O–H groups in total. The van der Waals surface area contributed by atoms with Gasteiger partial charge in [0.2, 0.25) is 5.95 Å². The SMILES string of the molecule is O=C(NCCc1cscn1)c1ccc(F)nc1. The Balaban J connectivity index is 1.83. The Morgan fingerprint density at radius 3 is 2.94 bits per heavy atom. The van der Waals surface area contributed by atoms with E-state index < -0.39 is 5.95 Å². The first kappa shape index (κ1) is 11.7. The lowest BCUT2D eigenvalue weighted by molar-refractivity contribution is 0.0953. The van der Waals surface area contributed by atoms with Crippen LogP contribution in [-0.4, -0.2) is 22.4 Å². The zero-order valence-electron chi connectivity index (χ0n) is 8.89. The predicted octanol–water partition coefficient (Wildman–Crippen LogP) is 1.65. The Kier molecular flexibility index (Phi) is 3.77. The Morgan fingerprint density at radius 2 is 2.29 bits per heavy atom. The molecular formula is C11H10FN3OS. The van der Waals surface area contributed by atoms with E-state index in [-0.39, 0.29) is 5.91 Å². The van der Waals surface area contributed by atoms with Crippen molar-refractivity contribution in [2.24, 2.45) is 0 Å². The maximum atomic E-state index is 12.5. The van der Waals surface area contributed by atoms with Gasteiger partial charge in [0, 0.05) is 24.5 Å². The minimum atomic E-state index is -0.593. The highest BCUT2D eigenvalue weighted by Crippen LogP contribution is 2.02. The molecule has 0 unspecified atom stereocenters.